The van der Waals surface area contributed by atoms with Gasteiger partial charge in [-0.3, -0.25) is 0 Å². The minimum atomic E-state index is -0.400. The fourth-order valence-corrected chi connectivity index (χ4v) is 2.55. The van der Waals surface area contributed by atoms with E-state index in [-0.39, 0.29) is 11.1 Å². The quantitative estimate of drug-likeness (QED) is 0.794. The van der Waals surface area contributed by atoms with Crippen LogP contribution >= 0.6 is 34.2 Å². The monoisotopic (exact) mass is 375 g/mol. The van der Waals surface area contributed by atoms with Crippen molar-refractivity contribution in [2.45, 2.75) is 12.5 Å². The Balaban J connectivity index is 2.16. The zero-order valence-electron chi connectivity index (χ0n) is 9.54. The van der Waals surface area contributed by atoms with E-state index in [1.165, 1.54) is 6.07 Å². The molecule has 94 valence electrons. The van der Waals surface area contributed by atoms with E-state index in [4.69, 9.17) is 17.3 Å². The van der Waals surface area contributed by atoms with Crippen LogP contribution in [0.3, 0.4) is 0 Å². The maximum atomic E-state index is 13.0. The van der Waals surface area contributed by atoms with Gasteiger partial charge in [-0.1, -0.05) is 29.8 Å². The molecule has 0 spiro atoms. The van der Waals surface area contributed by atoms with Crippen LogP contribution in [0.2, 0.25) is 5.02 Å². The number of rotatable bonds is 3. The molecule has 2 aromatic carbocycles. The van der Waals surface area contributed by atoms with E-state index in [1.54, 1.807) is 12.1 Å². The summed E-state index contributed by atoms with van der Waals surface area (Å²) in [4.78, 5) is 0. The summed E-state index contributed by atoms with van der Waals surface area (Å²) < 4.78 is 14.2. The highest BCUT2D eigenvalue weighted by molar-refractivity contribution is 14.1. The average Bonchev–Trinajstić information content (AvgIpc) is 2.34. The molecule has 2 N–H and O–H groups in total. The fourth-order valence-electron chi connectivity index (χ4n) is 1.78. The Morgan fingerprint density at radius 1 is 1.22 bits per heavy atom. The van der Waals surface area contributed by atoms with E-state index in [0.29, 0.717) is 6.42 Å². The van der Waals surface area contributed by atoms with Crippen molar-refractivity contribution in [1.29, 1.82) is 0 Å². The highest BCUT2D eigenvalue weighted by Gasteiger charge is 2.09. The van der Waals surface area contributed by atoms with Crippen LogP contribution in [0, 0.1) is 9.39 Å². The Morgan fingerprint density at radius 2 is 2.00 bits per heavy atom. The van der Waals surface area contributed by atoms with Gasteiger partial charge in [0, 0.05) is 9.61 Å². The SMILES string of the molecule is NC(Cc1ccc(F)c(Cl)c1)c1cccc(I)c1. The summed E-state index contributed by atoms with van der Waals surface area (Å²) in [7, 11) is 0. The first-order chi connectivity index (χ1) is 8.56. The molecular weight excluding hydrogens is 364 g/mol. The van der Waals surface area contributed by atoms with Crippen LogP contribution in [0.1, 0.15) is 17.2 Å². The van der Waals surface area contributed by atoms with Crippen molar-refractivity contribution in [3.63, 3.8) is 0 Å². The molecule has 1 nitrogen and oxygen atoms in total. The molecule has 1 atom stereocenters. The van der Waals surface area contributed by atoms with Gasteiger partial charge in [-0.05, 0) is 64.4 Å². The largest absolute Gasteiger partial charge is 0.324 e. The van der Waals surface area contributed by atoms with Gasteiger partial charge in [0.1, 0.15) is 5.82 Å². The van der Waals surface area contributed by atoms with Crippen LogP contribution in [0.15, 0.2) is 42.5 Å². The first kappa shape index (κ1) is 13.8. The van der Waals surface area contributed by atoms with Gasteiger partial charge in [0.05, 0.1) is 5.02 Å². The van der Waals surface area contributed by atoms with Gasteiger partial charge in [-0.25, -0.2) is 4.39 Å². The molecule has 0 saturated heterocycles. The lowest BCUT2D eigenvalue weighted by Gasteiger charge is -2.13. The Kier molecular flexibility index (Phi) is 4.59. The molecule has 1 unspecified atom stereocenters. The summed E-state index contributed by atoms with van der Waals surface area (Å²) in [6, 6.07) is 12.7. The third kappa shape index (κ3) is 3.43. The second-order valence-corrected chi connectivity index (χ2v) is 5.77. The zero-order valence-corrected chi connectivity index (χ0v) is 12.5. The summed E-state index contributed by atoms with van der Waals surface area (Å²) in [5.41, 5.74) is 8.15. The summed E-state index contributed by atoms with van der Waals surface area (Å²) in [5, 5.41) is 0.141. The van der Waals surface area contributed by atoms with Crippen LogP contribution in [-0.4, -0.2) is 0 Å². The van der Waals surface area contributed by atoms with Gasteiger partial charge in [-0.15, -0.1) is 0 Å². The first-order valence-corrected chi connectivity index (χ1v) is 6.97. The lowest BCUT2D eigenvalue weighted by atomic mass is 10.00. The topological polar surface area (TPSA) is 26.0 Å². The normalized spacial score (nSPS) is 12.4. The molecule has 4 heteroatoms. The number of hydrogen-bond acceptors (Lipinski definition) is 1. The highest BCUT2D eigenvalue weighted by atomic mass is 127. The number of hydrogen-bond donors (Lipinski definition) is 1. The molecule has 0 aliphatic carbocycles. The molecule has 0 aliphatic rings. The van der Waals surface area contributed by atoms with E-state index in [1.807, 2.05) is 18.2 Å². The van der Waals surface area contributed by atoms with Crippen molar-refractivity contribution in [2.75, 3.05) is 0 Å². The third-order valence-electron chi connectivity index (χ3n) is 2.72. The summed E-state index contributed by atoms with van der Waals surface area (Å²) in [5.74, 6) is -0.400. The molecule has 0 amide bonds. The van der Waals surface area contributed by atoms with Gasteiger partial charge in [0.25, 0.3) is 0 Å². The molecule has 0 aliphatic heterocycles. The predicted octanol–water partition coefficient (Wildman–Crippen LogP) is 4.33. The summed E-state index contributed by atoms with van der Waals surface area (Å²) in [6.45, 7) is 0. The highest BCUT2D eigenvalue weighted by Crippen LogP contribution is 2.21. The average molecular weight is 376 g/mol. The van der Waals surface area contributed by atoms with Crippen molar-refractivity contribution in [2.24, 2.45) is 5.73 Å². The maximum absolute atomic E-state index is 13.0. The van der Waals surface area contributed by atoms with E-state index >= 15 is 0 Å². The van der Waals surface area contributed by atoms with Crippen LogP contribution in [0.5, 0.6) is 0 Å². The zero-order chi connectivity index (χ0) is 13.1. The molecule has 0 aromatic heterocycles. The second kappa shape index (κ2) is 5.99. The predicted molar refractivity (Wildman–Crippen MR) is 81.2 cm³/mol. The lowest BCUT2D eigenvalue weighted by molar-refractivity contribution is 0.626. The second-order valence-electron chi connectivity index (χ2n) is 4.11. The van der Waals surface area contributed by atoms with Crippen LogP contribution in [-0.2, 0) is 6.42 Å². The standard InChI is InChI=1S/C14H12ClFIN/c15-12-6-9(4-5-13(12)16)7-14(18)10-2-1-3-11(17)8-10/h1-6,8,14H,7,18H2. The number of nitrogens with two attached hydrogens (primary N) is 1. The van der Waals surface area contributed by atoms with E-state index in [9.17, 15) is 4.39 Å². The van der Waals surface area contributed by atoms with Crippen molar-refractivity contribution in [3.8, 4) is 0 Å². The van der Waals surface area contributed by atoms with E-state index in [2.05, 4.69) is 28.7 Å². The Bertz CT molecular complexity index is 559. The van der Waals surface area contributed by atoms with Gasteiger partial charge in [-0.2, -0.15) is 0 Å². The van der Waals surface area contributed by atoms with Crippen LogP contribution in [0.25, 0.3) is 0 Å². The van der Waals surface area contributed by atoms with Crippen molar-refractivity contribution in [1.82, 2.24) is 0 Å². The van der Waals surface area contributed by atoms with E-state index < -0.39 is 5.82 Å². The molecule has 0 heterocycles. The first-order valence-electron chi connectivity index (χ1n) is 5.51. The van der Waals surface area contributed by atoms with Crippen molar-refractivity contribution >= 4 is 34.2 Å². The van der Waals surface area contributed by atoms with Gasteiger partial charge < -0.3 is 5.73 Å². The number of benzene rings is 2. The smallest absolute Gasteiger partial charge is 0.141 e. The molecule has 0 radical (unpaired) electrons. The van der Waals surface area contributed by atoms with Gasteiger partial charge in [0.15, 0.2) is 0 Å². The summed E-state index contributed by atoms with van der Waals surface area (Å²) >= 11 is 8.00. The molecule has 0 fully saturated rings. The molecule has 2 rings (SSSR count). The molecule has 0 saturated carbocycles. The maximum Gasteiger partial charge on any atom is 0.141 e. The van der Waals surface area contributed by atoms with Gasteiger partial charge >= 0.3 is 0 Å². The van der Waals surface area contributed by atoms with Crippen molar-refractivity contribution < 1.29 is 4.39 Å². The summed E-state index contributed by atoms with van der Waals surface area (Å²) in [6.07, 6.45) is 0.639. The molecule has 2 aromatic rings. The molecule has 18 heavy (non-hydrogen) atoms. The number of halogens is 3. The minimum absolute atomic E-state index is 0.110. The minimum Gasteiger partial charge on any atom is -0.324 e. The van der Waals surface area contributed by atoms with Crippen molar-refractivity contribution in [3.05, 3.63) is 68.0 Å². The Hall–Kier alpha value is -0.650. The van der Waals surface area contributed by atoms with Crippen LogP contribution in [0.4, 0.5) is 4.39 Å². The Labute approximate surface area is 124 Å². The third-order valence-corrected chi connectivity index (χ3v) is 3.68. The van der Waals surface area contributed by atoms with Crippen LogP contribution < -0.4 is 5.73 Å². The molecular formula is C14H12ClFIN. The van der Waals surface area contributed by atoms with E-state index in [0.717, 1.165) is 14.7 Å². The molecule has 0 bridgehead atoms. The Morgan fingerprint density at radius 3 is 2.67 bits per heavy atom. The van der Waals surface area contributed by atoms with Gasteiger partial charge in [0.2, 0.25) is 0 Å². The fraction of sp³-hybridized carbons (Fsp3) is 0.143. The lowest BCUT2D eigenvalue weighted by Crippen LogP contribution is -2.13.